The van der Waals surface area contributed by atoms with E-state index in [4.69, 9.17) is 0 Å². The molecule has 6 nitrogen and oxygen atoms in total. The molecule has 0 radical (unpaired) electrons. The van der Waals surface area contributed by atoms with Gasteiger partial charge in [0.1, 0.15) is 5.82 Å². The topological polar surface area (TPSA) is 84.1 Å². The molecule has 0 unspecified atom stereocenters. The monoisotopic (exact) mass is 277 g/mol. The highest BCUT2D eigenvalue weighted by atomic mass is 19.1. The van der Waals surface area contributed by atoms with Gasteiger partial charge >= 0.3 is 5.97 Å². The molecule has 1 heterocycles. The van der Waals surface area contributed by atoms with E-state index in [-0.39, 0.29) is 11.3 Å². The van der Waals surface area contributed by atoms with E-state index in [9.17, 15) is 14.0 Å². The van der Waals surface area contributed by atoms with Gasteiger partial charge in [0, 0.05) is 5.69 Å². The van der Waals surface area contributed by atoms with E-state index in [2.05, 4.69) is 20.3 Å². The fourth-order valence-electron chi connectivity index (χ4n) is 1.67. The number of anilines is 1. The number of H-pyrrole nitrogens is 1. The zero-order valence-electron chi connectivity index (χ0n) is 10.9. The summed E-state index contributed by atoms with van der Waals surface area (Å²) in [6.45, 7) is 1.69. The Hall–Kier alpha value is -2.70. The van der Waals surface area contributed by atoms with E-state index >= 15 is 0 Å². The molecule has 0 aliphatic rings. The Balaban J connectivity index is 2.32. The van der Waals surface area contributed by atoms with Crippen molar-refractivity contribution in [1.29, 1.82) is 0 Å². The highest BCUT2D eigenvalue weighted by Gasteiger charge is 2.17. The second-order valence-corrected chi connectivity index (χ2v) is 4.04. The summed E-state index contributed by atoms with van der Waals surface area (Å²) in [6, 6.07) is 3.45. The predicted octanol–water partition coefficient (Wildman–Crippen LogP) is 1.90. The van der Waals surface area contributed by atoms with Crippen molar-refractivity contribution < 1.29 is 18.7 Å². The number of nitrogens with zero attached hydrogens (tertiary/aromatic N) is 1. The molecule has 0 saturated heterocycles. The Morgan fingerprint density at radius 1 is 1.35 bits per heavy atom. The number of carbonyl (C=O) groups excluding carboxylic acids is 2. The maximum Gasteiger partial charge on any atom is 0.340 e. The van der Waals surface area contributed by atoms with Crippen LogP contribution in [0, 0.1) is 12.7 Å². The van der Waals surface area contributed by atoms with Crippen molar-refractivity contribution in [2.45, 2.75) is 6.92 Å². The van der Waals surface area contributed by atoms with Crippen LogP contribution in [0.25, 0.3) is 0 Å². The van der Waals surface area contributed by atoms with Gasteiger partial charge in [-0.2, -0.15) is 5.10 Å². The molecular formula is C13H12FN3O3. The number of rotatable bonds is 3. The van der Waals surface area contributed by atoms with Gasteiger partial charge in [0.05, 0.1) is 30.1 Å². The van der Waals surface area contributed by atoms with Crippen LogP contribution in [-0.4, -0.2) is 29.2 Å². The third-order valence-corrected chi connectivity index (χ3v) is 2.71. The molecule has 7 heteroatoms. The molecule has 2 aromatic rings. The van der Waals surface area contributed by atoms with Crippen LogP contribution in [0.1, 0.15) is 26.4 Å². The number of benzene rings is 1. The molecule has 0 atom stereocenters. The summed E-state index contributed by atoms with van der Waals surface area (Å²) in [5, 5.41) is 8.90. The first kappa shape index (κ1) is 13.7. The minimum absolute atomic E-state index is 0.0537. The van der Waals surface area contributed by atoms with Crippen LogP contribution >= 0.6 is 0 Å². The van der Waals surface area contributed by atoms with Gasteiger partial charge in [-0.05, 0) is 25.1 Å². The van der Waals surface area contributed by atoms with E-state index in [1.807, 2.05) is 0 Å². The maximum atomic E-state index is 13.2. The second-order valence-electron chi connectivity index (χ2n) is 4.04. The van der Waals surface area contributed by atoms with Crippen molar-refractivity contribution >= 4 is 17.6 Å². The number of ether oxygens (including phenoxy) is 1. The second kappa shape index (κ2) is 5.52. The van der Waals surface area contributed by atoms with Crippen LogP contribution < -0.4 is 5.32 Å². The molecule has 1 aromatic heterocycles. The minimum Gasteiger partial charge on any atom is -0.465 e. The first-order valence-corrected chi connectivity index (χ1v) is 5.72. The number of methoxy groups -OCH3 is 1. The number of hydrogen-bond donors (Lipinski definition) is 2. The molecule has 2 rings (SSSR count). The molecular weight excluding hydrogens is 265 g/mol. The summed E-state index contributed by atoms with van der Waals surface area (Å²) < 4.78 is 17.7. The number of carbonyl (C=O) groups is 2. The lowest BCUT2D eigenvalue weighted by Gasteiger charge is -2.09. The van der Waals surface area contributed by atoms with Crippen LogP contribution in [-0.2, 0) is 4.74 Å². The van der Waals surface area contributed by atoms with Gasteiger partial charge in [-0.25, -0.2) is 9.18 Å². The van der Waals surface area contributed by atoms with Crippen molar-refractivity contribution in [2.24, 2.45) is 0 Å². The largest absolute Gasteiger partial charge is 0.465 e. The molecule has 0 aliphatic heterocycles. The van der Waals surface area contributed by atoms with Crippen molar-refractivity contribution in [3.8, 4) is 0 Å². The predicted molar refractivity (Wildman–Crippen MR) is 69.0 cm³/mol. The molecule has 0 fully saturated rings. The van der Waals surface area contributed by atoms with Crippen LogP contribution in [0.3, 0.4) is 0 Å². The summed E-state index contributed by atoms with van der Waals surface area (Å²) in [7, 11) is 1.18. The van der Waals surface area contributed by atoms with Crippen LogP contribution in [0.2, 0.25) is 0 Å². The lowest BCUT2D eigenvalue weighted by Crippen LogP contribution is -2.16. The Bertz CT molecular complexity index is 667. The summed E-state index contributed by atoms with van der Waals surface area (Å²) in [5.74, 6) is -1.78. The van der Waals surface area contributed by atoms with E-state index < -0.39 is 17.7 Å². The third kappa shape index (κ3) is 2.66. The van der Waals surface area contributed by atoms with Gasteiger partial charge in [0.2, 0.25) is 0 Å². The minimum atomic E-state index is -0.733. The molecule has 2 N–H and O–H groups in total. The van der Waals surface area contributed by atoms with Gasteiger partial charge in [-0.3, -0.25) is 9.89 Å². The fourth-order valence-corrected chi connectivity index (χ4v) is 1.67. The number of esters is 1. The number of hydrogen-bond acceptors (Lipinski definition) is 4. The number of amides is 1. The Morgan fingerprint density at radius 2 is 2.10 bits per heavy atom. The molecule has 0 aliphatic carbocycles. The standard InChI is InChI=1S/C13H12FN3O3/c1-7-10(6-15-17-7)12(18)16-11-4-3-8(14)5-9(11)13(19)20-2/h3-6H,1-2H3,(H,15,17)(H,16,18). The number of aryl methyl sites for hydroxylation is 1. The van der Waals surface area contributed by atoms with Crippen molar-refractivity contribution in [2.75, 3.05) is 12.4 Å². The van der Waals surface area contributed by atoms with Gasteiger partial charge in [0.15, 0.2) is 0 Å². The van der Waals surface area contributed by atoms with E-state index in [1.165, 1.54) is 19.4 Å². The van der Waals surface area contributed by atoms with Gasteiger partial charge in [0.25, 0.3) is 5.91 Å². The summed E-state index contributed by atoms with van der Waals surface area (Å²) in [4.78, 5) is 23.6. The number of halogens is 1. The average Bonchev–Trinajstić information content (AvgIpc) is 2.86. The van der Waals surface area contributed by atoms with Crippen LogP contribution in [0.15, 0.2) is 24.4 Å². The normalized spacial score (nSPS) is 10.2. The quantitative estimate of drug-likeness (QED) is 0.839. The lowest BCUT2D eigenvalue weighted by atomic mass is 10.1. The first-order valence-electron chi connectivity index (χ1n) is 5.72. The summed E-state index contributed by atoms with van der Waals surface area (Å²) >= 11 is 0. The van der Waals surface area contributed by atoms with Gasteiger partial charge in [-0.15, -0.1) is 0 Å². The molecule has 20 heavy (non-hydrogen) atoms. The molecule has 1 amide bonds. The van der Waals surface area contributed by atoms with Gasteiger partial charge in [-0.1, -0.05) is 0 Å². The maximum absolute atomic E-state index is 13.2. The molecule has 0 saturated carbocycles. The first-order chi connectivity index (χ1) is 9.52. The Morgan fingerprint density at radius 3 is 2.70 bits per heavy atom. The smallest absolute Gasteiger partial charge is 0.340 e. The lowest BCUT2D eigenvalue weighted by molar-refractivity contribution is 0.0601. The highest BCUT2D eigenvalue weighted by molar-refractivity contribution is 6.08. The fraction of sp³-hybridized carbons (Fsp3) is 0.154. The Labute approximate surface area is 113 Å². The Kier molecular flexibility index (Phi) is 3.79. The van der Waals surface area contributed by atoms with Crippen LogP contribution in [0.5, 0.6) is 0 Å². The number of aromatic amines is 1. The van der Waals surface area contributed by atoms with Crippen LogP contribution in [0.4, 0.5) is 10.1 Å². The third-order valence-electron chi connectivity index (χ3n) is 2.71. The number of nitrogens with one attached hydrogen (secondary N) is 2. The van der Waals surface area contributed by atoms with E-state index in [1.54, 1.807) is 6.92 Å². The zero-order valence-corrected chi connectivity index (χ0v) is 10.9. The number of aromatic nitrogens is 2. The molecule has 1 aromatic carbocycles. The average molecular weight is 277 g/mol. The summed E-state index contributed by atoms with van der Waals surface area (Å²) in [5.41, 5.74) is 1.04. The van der Waals surface area contributed by atoms with Crippen molar-refractivity contribution in [1.82, 2.24) is 10.2 Å². The zero-order chi connectivity index (χ0) is 14.7. The molecule has 104 valence electrons. The highest BCUT2D eigenvalue weighted by Crippen LogP contribution is 2.19. The van der Waals surface area contributed by atoms with Gasteiger partial charge < -0.3 is 10.1 Å². The van der Waals surface area contributed by atoms with E-state index in [0.717, 1.165) is 12.1 Å². The van der Waals surface area contributed by atoms with Crippen molar-refractivity contribution in [3.63, 3.8) is 0 Å². The van der Waals surface area contributed by atoms with E-state index in [0.29, 0.717) is 11.3 Å². The summed E-state index contributed by atoms with van der Waals surface area (Å²) in [6.07, 6.45) is 1.37. The molecule has 0 bridgehead atoms. The SMILES string of the molecule is COC(=O)c1cc(F)ccc1NC(=O)c1cn[nH]c1C. The van der Waals surface area contributed by atoms with Crippen molar-refractivity contribution in [3.05, 3.63) is 47.0 Å². The molecule has 0 spiro atoms.